The molecule has 0 aliphatic carbocycles. The molecule has 3 heterocycles. The molecule has 0 spiro atoms. The smallest absolute Gasteiger partial charge is 0.238 e. The number of fused-ring (bicyclic) bond motifs is 1. The fourth-order valence-electron chi connectivity index (χ4n) is 3.21. The van der Waals surface area contributed by atoms with Gasteiger partial charge in [0.25, 0.3) is 0 Å². The van der Waals surface area contributed by atoms with Crippen molar-refractivity contribution in [3.05, 3.63) is 53.5 Å². The number of benzene rings is 1. The first-order chi connectivity index (χ1) is 13.6. The van der Waals surface area contributed by atoms with Crippen LogP contribution in [0.1, 0.15) is 16.8 Å². The molecule has 9 heteroatoms. The number of amides is 1. The molecule has 0 unspecified atom stereocenters. The summed E-state index contributed by atoms with van der Waals surface area (Å²) in [5, 5.41) is 13.4. The third-order valence-corrected chi connectivity index (χ3v) is 4.59. The Morgan fingerprint density at radius 1 is 1.18 bits per heavy atom. The van der Waals surface area contributed by atoms with Crippen LogP contribution in [0.3, 0.4) is 0 Å². The average Bonchev–Trinajstić information content (AvgIpc) is 3.11. The third-order valence-electron chi connectivity index (χ3n) is 4.59. The summed E-state index contributed by atoms with van der Waals surface area (Å²) in [4.78, 5) is 22.3. The Morgan fingerprint density at radius 3 is 2.75 bits per heavy atom. The van der Waals surface area contributed by atoms with E-state index in [0.717, 1.165) is 23.4 Å². The van der Waals surface area contributed by atoms with Crippen LogP contribution in [0.25, 0.3) is 0 Å². The van der Waals surface area contributed by atoms with Gasteiger partial charge in [0.15, 0.2) is 17.5 Å². The van der Waals surface area contributed by atoms with E-state index in [2.05, 4.69) is 36.9 Å². The number of carbonyl (C=O) groups is 1. The van der Waals surface area contributed by atoms with Crippen molar-refractivity contribution in [2.45, 2.75) is 19.9 Å². The van der Waals surface area contributed by atoms with Crippen LogP contribution in [0.4, 0.5) is 23.1 Å². The lowest BCUT2D eigenvalue weighted by atomic mass is 9.99. The molecule has 0 bridgehead atoms. The summed E-state index contributed by atoms with van der Waals surface area (Å²) in [6, 6.07) is 7.98. The van der Waals surface area contributed by atoms with Crippen molar-refractivity contribution in [1.29, 1.82) is 0 Å². The van der Waals surface area contributed by atoms with E-state index in [1.807, 2.05) is 25.1 Å². The number of anilines is 4. The molecule has 1 aliphatic rings. The highest BCUT2D eigenvalue weighted by Gasteiger charge is 2.20. The van der Waals surface area contributed by atoms with Gasteiger partial charge in [-0.3, -0.25) is 14.9 Å². The van der Waals surface area contributed by atoms with Gasteiger partial charge in [-0.05, 0) is 36.6 Å². The molecular weight excluding hydrogens is 356 g/mol. The van der Waals surface area contributed by atoms with E-state index in [0.29, 0.717) is 30.5 Å². The largest absolute Gasteiger partial charge is 0.339 e. The SMILES string of the molecule is Cc1cc(Nc2cncc(Nc3ccc4c(c3)CN(C(=O)C[NH])CC4)n2)n[nH]1. The van der Waals surface area contributed by atoms with Crippen molar-refractivity contribution in [2.24, 2.45) is 0 Å². The van der Waals surface area contributed by atoms with Gasteiger partial charge in [0.05, 0.1) is 18.9 Å². The number of H-pyrrole nitrogens is 1. The minimum Gasteiger partial charge on any atom is -0.339 e. The Hall–Kier alpha value is -3.46. The summed E-state index contributed by atoms with van der Waals surface area (Å²) in [6.07, 6.45) is 4.09. The van der Waals surface area contributed by atoms with Gasteiger partial charge in [-0.25, -0.2) is 10.7 Å². The Morgan fingerprint density at radius 2 is 2.00 bits per heavy atom. The highest BCUT2D eigenvalue weighted by atomic mass is 16.2. The van der Waals surface area contributed by atoms with Crippen molar-refractivity contribution in [3.8, 4) is 0 Å². The van der Waals surface area contributed by atoms with E-state index in [9.17, 15) is 4.79 Å². The first-order valence-electron chi connectivity index (χ1n) is 9.03. The van der Waals surface area contributed by atoms with Gasteiger partial charge in [0.2, 0.25) is 5.91 Å². The standard InChI is InChI=1S/C19H21N8O/c1-12-6-16(26-25-12)23-18-10-21-9-17(24-18)22-15-3-2-13-4-5-27(19(28)8-20)11-14(13)7-15/h2-3,6-7,9-10,20H,4-5,8,11H2,1H3,(H3,22,23,24,25,26). The summed E-state index contributed by atoms with van der Waals surface area (Å²) in [6.45, 7) is 2.92. The number of aryl methyl sites for hydroxylation is 1. The fraction of sp³-hybridized carbons (Fsp3) is 0.263. The van der Waals surface area contributed by atoms with Crippen LogP contribution in [0, 0.1) is 6.92 Å². The van der Waals surface area contributed by atoms with Crippen LogP contribution in [-0.2, 0) is 17.8 Å². The predicted octanol–water partition coefficient (Wildman–Crippen LogP) is 2.16. The monoisotopic (exact) mass is 377 g/mol. The van der Waals surface area contributed by atoms with Crippen molar-refractivity contribution in [3.63, 3.8) is 0 Å². The molecule has 9 nitrogen and oxygen atoms in total. The van der Waals surface area contributed by atoms with Crippen molar-refractivity contribution in [2.75, 3.05) is 23.7 Å². The molecule has 4 N–H and O–H groups in total. The second kappa shape index (κ2) is 7.65. The quantitative estimate of drug-likeness (QED) is 0.626. The second-order valence-corrected chi connectivity index (χ2v) is 6.70. The maximum atomic E-state index is 11.8. The van der Waals surface area contributed by atoms with E-state index < -0.39 is 0 Å². The van der Waals surface area contributed by atoms with Gasteiger partial charge >= 0.3 is 0 Å². The van der Waals surface area contributed by atoms with E-state index in [-0.39, 0.29) is 12.5 Å². The molecule has 1 amide bonds. The van der Waals surface area contributed by atoms with Gasteiger partial charge < -0.3 is 15.5 Å². The van der Waals surface area contributed by atoms with Crippen LogP contribution in [-0.4, -0.2) is 44.1 Å². The van der Waals surface area contributed by atoms with Gasteiger partial charge in [0.1, 0.15) is 0 Å². The van der Waals surface area contributed by atoms with Gasteiger partial charge in [0, 0.05) is 30.5 Å². The average molecular weight is 377 g/mol. The summed E-state index contributed by atoms with van der Waals surface area (Å²) in [5.74, 6) is 1.73. The topological polar surface area (TPSA) is 123 Å². The molecule has 0 fully saturated rings. The van der Waals surface area contributed by atoms with Crippen molar-refractivity contribution in [1.82, 2.24) is 30.8 Å². The number of nitrogens with zero attached hydrogens (tertiary/aromatic N) is 4. The molecule has 2 aromatic heterocycles. The Labute approximate surface area is 162 Å². The first-order valence-corrected chi connectivity index (χ1v) is 9.03. The molecule has 4 rings (SSSR count). The maximum Gasteiger partial charge on any atom is 0.238 e. The molecule has 0 atom stereocenters. The van der Waals surface area contributed by atoms with Crippen molar-refractivity contribution >= 4 is 29.0 Å². The van der Waals surface area contributed by atoms with Crippen LogP contribution >= 0.6 is 0 Å². The zero-order valence-corrected chi connectivity index (χ0v) is 15.5. The molecule has 0 saturated carbocycles. The van der Waals surface area contributed by atoms with Gasteiger partial charge in [-0.15, -0.1) is 0 Å². The minimum absolute atomic E-state index is 0.137. The molecular formula is C19H21N8O. The lowest BCUT2D eigenvalue weighted by molar-refractivity contribution is -0.130. The Kier molecular flexibility index (Phi) is 4.90. The highest BCUT2D eigenvalue weighted by molar-refractivity contribution is 5.78. The Bertz CT molecular complexity index is 999. The molecule has 1 radical (unpaired) electrons. The van der Waals surface area contributed by atoms with Crippen LogP contribution in [0.2, 0.25) is 0 Å². The number of rotatable bonds is 5. The summed E-state index contributed by atoms with van der Waals surface area (Å²) >= 11 is 0. The van der Waals surface area contributed by atoms with Gasteiger partial charge in [-0.2, -0.15) is 5.10 Å². The minimum atomic E-state index is -0.210. The number of carbonyl (C=O) groups excluding carboxylic acids is 1. The second-order valence-electron chi connectivity index (χ2n) is 6.70. The normalized spacial score (nSPS) is 13.1. The number of nitrogens with one attached hydrogen (secondary N) is 4. The maximum absolute atomic E-state index is 11.8. The number of aromatic nitrogens is 4. The van der Waals surface area contributed by atoms with Crippen molar-refractivity contribution < 1.29 is 4.79 Å². The summed E-state index contributed by atoms with van der Waals surface area (Å²) < 4.78 is 0. The van der Waals surface area contributed by atoms with E-state index >= 15 is 0 Å². The molecule has 143 valence electrons. The van der Waals surface area contributed by atoms with Crippen LogP contribution < -0.4 is 16.4 Å². The van der Waals surface area contributed by atoms with E-state index in [4.69, 9.17) is 5.73 Å². The predicted molar refractivity (Wildman–Crippen MR) is 105 cm³/mol. The highest BCUT2D eigenvalue weighted by Crippen LogP contribution is 2.25. The zero-order valence-electron chi connectivity index (χ0n) is 15.5. The molecule has 28 heavy (non-hydrogen) atoms. The number of hydrogen-bond acceptors (Lipinski definition) is 6. The fourth-order valence-corrected chi connectivity index (χ4v) is 3.21. The molecule has 3 aromatic rings. The first kappa shape index (κ1) is 17.9. The third kappa shape index (κ3) is 3.94. The number of hydrogen-bond donors (Lipinski definition) is 3. The summed E-state index contributed by atoms with van der Waals surface area (Å²) in [5.41, 5.74) is 11.4. The Balaban J connectivity index is 1.49. The van der Waals surface area contributed by atoms with Gasteiger partial charge in [-0.1, -0.05) is 6.07 Å². The van der Waals surface area contributed by atoms with E-state index in [1.165, 1.54) is 5.56 Å². The summed E-state index contributed by atoms with van der Waals surface area (Å²) in [7, 11) is 0. The van der Waals surface area contributed by atoms with Crippen LogP contribution in [0.15, 0.2) is 36.7 Å². The number of aromatic amines is 1. The molecule has 1 aromatic carbocycles. The zero-order chi connectivity index (χ0) is 19.5. The molecule has 0 saturated heterocycles. The lowest BCUT2D eigenvalue weighted by Gasteiger charge is -2.28. The van der Waals surface area contributed by atoms with Crippen LogP contribution in [0.5, 0.6) is 0 Å². The van der Waals surface area contributed by atoms with E-state index in [1.54, 1.807) is 17.3 Å². The lowest BCUT2D eigenvalue weighted by Crippen LogP contribution is -2.37. The molecule has 1 aliphatic heterocycles.